The average molecular weight is 606 g/mol. The van der Waals surface area contributed by atoms with Crippen molar-refractivity contribution < 1.29 is 33.4 Å². The SMILES string of the molecule is CCc1ccc(NC(=O)c2cc(NCC3CCCO3)cc(-c3cc(F)cc(CNC(=O)OC(C)(C)C)c3)c2)c(CC(=O)O)c1. The molecule has 1 aliphatic heterocycles. The van der Waals surface area contributed by atoms with Gasteiger partial charge in [0, 0.05) is 36.6 Å². The molecule has 0 radical (unpaired) electrons. The first-order valence-corrected chi connectivity index (χ1v) is 14.8. The van der Waals surface area contributed by atoms with Gasteiger partial charge in [-0.25, -0.2) is 9.18 Å². The summed E-state index contributed by atoms with van der Waals surface area (Å²) in [6, 6.07) is 15.0. The third kappa shape index (κ3) is 9.54. The Kier molecular flexibility index (Phi) is 10.6. The summed E-state index contributed by atoms with van der Waals surface area (Å²) < 4.78 is 25.8. The molecule has 1 fully saturated rings. The summed E-state index contributed by atoms with van der Waals surface area (Å²) in [5.74, 6) is -1.94. The van der Waals surface area contributed by atoms with Crippen LogP contribution in [0.25, 0.3) is 11.1 Å². The Morgan fingerprint density at radius 1 is 1.02 bits per heavy atom. The fraction of sp³-hybridized carbons (Fsp3) is 0.382. The highest BCUT2D eigenvalue weighted by Crippen LogP contribution is 2.29. The summed E-state index contributed by atoms with van der Waals surface area (Å²) in [5.41, 5.74) is 3.77. The Labute approximate surface area is 257 Å². The van der Waals surface area contributed by atoms with E-state index in [9.17, 15) is 23.9 Å². The Hall–Kier alpha value is -4.44. The van der Waals surface area contributed by atoms with Gasteiger partial charge in [-0.05, 0) is 110 Å². The normalized spacial score (nSPS) is 14.6. The molecule has 2 amide bonds. The van der Waals surface area contributed by atoms with E-state index in [0.29, 0.717) is 52.3 Å². The number of carbonyl (C=O) groups excluding carboxylic acids is 2. The van der Waals surface area contributed by atoms with Gasteiger partial charge in [0.1, 0.15) is 11.4 Å². The second-order valence-corrected chi connectivity index (χ2v) is 11.9. The van der Waals surface area contributed by atoms with Crippen molar-refractivity contribution in [1.29, 1.82) is 0 Å². The first-order chi connectivity index (χ1) is 20.9. The molecule has 1 atom stereocenters. The third-order valence-corrected chi connectivity index (χ3v) is 7.05. The molecule has 1 heterocycles. The largest absolute Gasteiger partial charge is 0.481 e. The lowest BCUT2D eigenvalue weighted by Gasteiger charge is -2.20. The monoisotopic (exact) mass is 605 g/mol. The van der Waals surface area contributed by atoms with Crippen molar-refractivity contribution in [3.63, 3.8) is 0 Å². The minimum atomic E-state index is -1.00. The second kappa shape index (κ2) is 14.4. The van der Waals surface area contributed by atoms with Crippen LogP contribution in [-0.4, -0.2) is 47.9 Å². The summed E-state index contributed by atoms with van der Waals surface area (Å²) >= 11 is 0. The zero-order valence-electron chi connectivity index (χ0n) is 25.6. The third-order valence-electron chi connectivity index (χ3n) is 7.05. The molecule has 234 valence electrons. The van der Waals surface area contributed by atoms with Crippen molar-refractivity contribution in [2.24, 2.45) is 0 Å². The summed E-state index contributed by atoms with van der Waals surface area (Å²) in [7, 11) is 0. The number of hydrogen-bond acceptors (Lipinski definition) is 6. The number of amides is 2. The van der Waals surface area contributed by atoms with Crippen molar-refractivity contribution in [3.05, 3.63) is 82.7 Å². The van der Waals surface area contributed by atoms with Crippen LogP contribution < -0.4 is 16.0 Å². The van der Waals surface area contributed by atoms with Gasteiger partial charge in [0.2, 0.25) is 0 Å². The van der Waals surface area contributed by atoms with Crippen LogP contribution in [0.3, 0.4) is 0 Å². The van der Waals surface area contributed by atoms with Crippen molar-refractivity contribution in [3.8, 4) is 11.1 Å². The number of rotatable bonds is 11. The van der Waals surface area contributed by atoms with E-state index < -0.39 is 29.4 Å². The van der Waals surface area contributed by atoms with E-state index in [-0.39, 0.29) is 19.1 Å². The van der Waals surface area contributed by atoms with Gasteiger partial charge < -0.3 is 30.5 Å². The van der Waals surface area contributed by atoms with E-state index in [4.69, 9.17) is 9.47 Å². The molecular weight excluding hydrogens is 565 g/mol. The summed E-state index contributed by atoms with van der Waals surface area (Å²) in [6.45, 7) is 8.54. The fourth-order valence-electron chi connectivity index (χ4n) is 4.96. The average Bonchev–Trinajstić information content (AvgIpc) is 3.48. The number of carbonyl (C=O) groups is 3. The zero-order valence-corrected chi connectivity index (χ0v) is 25.6. The van der Waals surface area contributed by atoms with Gasteiger partial charge in [-0.2, -0.15) is 0 Å². The number of halogens is 1. The van der Waals surface area contributed by atoms with E-state index in [1.165, 1.54) is 12.1 Å². The quantitative estimate of drug-likeness (QED) is 0.195. The molecule has 3 aromatic rings. The molecule has 9 nitrogen and oxygen atoms in total. The predicted molar refractivity (Wildman–Crippen MR) is 167 cm³/mol. The molecule has 44 heavy (non-hydrogen) atoms. The van der Waals surface area contributed by atoms with E-state index in [1.54, 1.807) is 51.1 Å². The smallest absolute Gasteiger partial charge is 0.407 e. The predicted octanol–water partition coefficient (Wildman–Crippen LogP) is 6.55. The van der Waals surface area contributed by atoms with Gasteiger partial charge in [0.15, 0.2) is 0 Å². The summed E-state index contributed by atoms with van der Waals surface area (Å²) in [4.78, 5) is 37.3. The first-order valence-electron chi connectivity index (χ1n) is 14.8. The van der Waals surface area contributed by atoms with Crippen LogP contribution in [0.2, 0.25) is 0 Å². The standard InChI is InChI=1S/C34H40FN3O6/c1-5-21-8-9-30(25(11-21)18-31(39)40)38-32(41)26-14-24(16-28(17-26)36-20-29-7-6-10-43-29)23-12-22(13-27(35)15-23)19-37-33(42)44-34(2,3)4/h8-9,11-17,29,36H,5-7,10,18-20H2,1-4H3,(H,37,42)(H,38,41)(H,39,40). The van der Waals surface area contributed by atoms with Crippen LogP contribution in [-0.2, 0) is 33.7 Å². The van der Waals surface area contributed by atoms with E-state index in [2.05, 4.69) is 16.0 Å². The van der Waals surface area contributed by atoms with E-state index >= 15 is 0 Å². The Morgan fingerprint density at radius 2 is 1.80 bits per heavy atom. The molecule has 0 aromatic heterocycles. The summed E-state index contributed by atoms with van der Waals surface area (Å²) in [6.07, 6.45) is 1.84. The molecule has 1 saturated heterocycles. The molecule has 1 aliphatic rings. The molecule has 0 spiro atoms. The highest BCUT2D eigenvalue weighted by molar-refractivity contribution is 6.06. The van der Waals surface area contributed by atoms with Crippen LogP contribution in [0.5, 0.6) is 0 Å². The number of alkyl carbamates (subject to hydrolysis) is 1. The first kappa shape index (κ1) is 32.5. The topological polar surface area (TPSA) is 126 Å². The maximum Gasteiger partial charge on any atom is 0.407 e. The number of anilines is 2. The number of ether oxygens (including phenoxy) is 2. The van der Waals surface area contributed by atoms with Crippen LogP contribution >= 0.6 is 0 Å². The molecule has 3 aromatic carbocycles. The molecule has 0 aliphatic carbocycles. The molecule has 10 heteroatoms. The Balaban J connectivity index is 1.64. The number of aliphatic carboxylic acids is 1. The Morgan fingerprint density at radius 3 is 2.48 bits per heavy atom. The van der Waals surface area contributed by atoms with Gasteiger partial charge in [-0.15, -0.1) is 0 Å². The van der Waals surface area contributed by atoms with Crippen LogP contribution in [0, 0.1) is 5.82 Å². The number of aryl methyl sites for hydroxylation is 1. The lowest BCUT2D eigenvalue weighted by atomic mass is 9.99. The molecule has 4 N–H and O–H groups in total. The van der Waals surface area contributed by atoms with E-state index in [1.807, 2.05) is 19.1 Å². The second-order valence-electron chi connectivity index (χ2n) is 11.9. The number of benzene rings is 3. The number of hydrogen-bond donors (Lipinski definition) is 4. The Bertz CT molecular complexity index is 1510. The molecule has 1 unspecified atom stereocenters. The van der Waals surface area contributed by atoms with Crippen LogP contribution in [0.15, 0.2) is 54.6 Å². The lowest BCUT2D eigenvalue weighted by Crippen LogP contribution is -2.32. The highest BCUT2D eigenvalue weighted by atomic mass is 19.1. The maximum absolute atomic E-state index is 14.8. The van der Waals surface area contributed by atoms with Crippen molar-refractivity contribution in [1.82, 2.24) is 5.32 Å². The van der Waals surface area contributed by atoms with Gasteiger partial charge >= 0.3 is 12.1 Å². The van der Waals surface area contributed by atoms with Crippen molar-refractivity contribution >= 4 is 29.3 Å². The van der Waals surface area contributed by atoms with Crippen molar-refractivity contribution in [2.75, 3.05) is 23.8 Å². The minimum absolute atomic E-state index is 0.0457. The number of carboxylic acid groups (broad SMARTS) is 1. The van der Waals surface area contributed by atoms with Crippen molar-refractivity contribution in [2.45, 2.75) is 71.6 Å². The minimum Gasteiger partial charge on any atom is -0.481 e. The van der Waals surface area contributed by atoms with Gasteiger partial charge in [0.05, 0.1) is 12.5 Å². The zero-order chi connectivity index (χ0) is 31.9. The summed E-state index contributed by atoms with van der Waals surface area (Å²) in [5, 5.41) is 18.3. The fourth-order valence-corrected chi connectivity index (χ4v) is 4.96. The molecular formula is C34H40FN3O6. The highest BCUT2D eigenvalue weighted by Gasteiger charge is 2.19. The number of nitrogens with one attached hydrogen (secondary N) is 3. The van der Waals surface area contributed by atoms with Crippen LogP contribution in [0.1, 0.15) is 67.6 Å². The van der Waals surface area contributed by atoms with Gasteiger partial charge in [0.25, 0.3) is 5.91 Å². The molecule has 0 saturated carbocycles. The van der Waals surface area contributed by atoms with Crippen LogP contribution in [0.4, 0.5) is 20.6 Å². The van der Waals surface area contributed by atoms with Gasteiger partial charge in [-0.1, -0.05) is 19.1 Å². The van der Waals surface area contributed by atoms with Gasteiger partial charge in [-0.3, -0.25) is 9.59 Å². The number of carboxylic acids is 1. The maximum atomic E-state index is 14.8. The molecule has 0 bridgehead atoms. The lowest BCUT2D eigenvalue weighted by molar-refractivity contribution is -0.136. The van der Waals surface area contributed by atoms with E-state index in [0.717, 1.165) is 24.8 Å². The molecule has 4 rings (SSSR count).